The molecule has 2 nitrogen and oxygen atoms in total. The van der Waals surface area contributed by atoms with Crippen molar-refractivity contribution in [2.24, 2.45) is 5.92 Å². The highest BCUT2D eigenvalue weighted by Gasteiger charge is 2.19. The maximum Gasteiger partial charge on any atom is 0.0473 e. The molecule has 0 aliphatic rings. The van der Waals surface area contributed by atoms with Crippen molar-refractivity contribution in [3.8, 4) is 0 Å². The number of benzene rings is 2. The molecule has 3 aromatic rings. The van der Waals surface area contributed by atoms with E-state index in [0.717, 1.165) is 19.6 Å². The van der Waals surface area contributed by atoms with Crippen molar-refractivity contribution < 1.29 is 0 Å². The molecule has 1 atom stereocenters. The number of nitrogens with zero attached hydrogens (tertiary/aromatic N) is 2. The zero-order chi connectivity index (χ0) is 20.1. The molecule has 28 heavy (non-hydrogen) atoms. The van der Waals surface area contributed by atoms with E-state index in [1.807, 2.05) is 0 Å². The number of hydrogen-bond donors (Lipinski definition) is 0. The molecule has 0 amide bonds. The molecule has 0 saturated carbocycles. The lowest BCUT2D eigenvalue weighted by atomic mass is 10.0. The first-order chi connectivity index (χ1) is 13.4. The Labute approximate surface area is 170 Å². The second kappa shape index (κ2) is 9.25. The minimum atomic E-state index is 0.518. The molecule has 2 aromatic carbocycles. The molecule has 1 aromatic heterocycles. The van der Waals surface area contributed by atoms with Crippen LogP contribution in [0.4, 0.5) is 0 Å². The highest BCUT2D eigenvalue weighted by molar-refractivity contribution is 5.23. The van der Waals surface area contributed by atoms with Gasteiger partial charge in [-0.1, -0.05) is 73.5 Å². The number of aryl methyl sites for hydroxylation is 2. The molecule has 148 valence electrons. The predicted octanol–water partition coefficient (Wildman–Crippen LogP) is 6.20. The lowest BCUT2D eigenvalue weighted by Crippen LogP contribution is -2.36. The topological polar surface area (TPSA) is 8.17 Å². The number of aromatic nitrogens is 1. The fourth-order valence-corrected chi connectivity index (χ4v) is 3.54. The van der Waals surface area contributed by atoms with Gasteiger partial charge in [0.2, 0.25) is 0 Å². The summed E-state index contributed by atoms with van der Waals surface area (Å²) in [6.07, 6.45) is 2.21. The quantitative estimate of drug-likeness (QED) is 0.456. The van der Waals surface area contributed by atoms with Gasteiger partial charge in [-0.25, -0.2) is 0 Å². The Morgan fingerprint density at radius 1 is 0.750 bits per heavy atom. The van der Waals surface area contributed by atoms with Gasteiger partial charge in [-0.15, -0.1) is 0 Å². The monoisotopic (exact) mass is 374 g/mol. The Balaban J connectivity index is 1.78. The third kappa shape index (κ3) is 5.36. The summed E-state index contributed by atoms with van der Waals surface area (Å²) in [5, 5.41) is 0. The average Bonchev–Trinajstić information content (AvgIpc) is 3.11. The lowest BCUT2D eigenvalue weighted by Gasteiger charge is -2.32. The second-order valence-corrected chi connectivity index (χ2v) is 8.49. The average molecular weight is 375 g/mol. The Morgan fingerprint density at radius 2 is 1.32 bits per heavy atom. The molecule has 0 N–H and O–H groups in total. The van der Waals surface area contributed by atoms with E-state index in [1.54, 1.807) is 0 Å². The van der Waals surface area contributed by atoms with Gasteiger partial charge in [0, 0.05) is 37.6 Å². The van der Waals surface area contributed by atoms with E-state index in [9.17, 15) is 0 Å². The van der Waals surface area contributed by atoms with Gasteiger partial charge in [-0.3, -0.25) is 4.90 Å². The Hall–Kier alpha value is -2.32. The largest absolute Gasteiger partial charge is 0.346 e. The van der Waals surface area contributed by atoms with Crippen LogP contribution in [0.1, 0.15) is 48.7 Å². The highest BCUT2D eigenvalue weighted by atomic mass is 15.2. The molecule has 0 bridgehead atoms. The smallest absolute Gasteiger partial charge is 0.0473 e. The van der Waals surface area contributed by atoms with E-state index < -0.39 is 0 Å². The minimum Gasteiger partial charge on any atom is -0.346 e. The van der Waals surface area contributed by atoms with Gasteiger partial charge in [-0.2, -0.15) is 0 Å². The van der Waals surface area contributed by atoms with Crippen LogP contribution >= 0.6 is 0 Å². The molecule has 0 aliphatic heterocycles. The van der Waals surface area contributed by atoms with E-state index in [1.165, 1.54) is 27.9 Å². The van der Waals surface area contributed by atoms with Crippen molar-refractivity contribution in [3.05, 3.63) is 94.8 Å². The minimum absolute atomic E-state index is 0.518. The standard InChI is InChI=1S/C26H34N2/c1-20(2)23(5)28(18-25-14-10-22(4)11-15-25)19-26-7-6-16-27(26)17-24-12-8-21(3)9-13-24/h6-16,20,23H,17-19H2,1-5H3/t23-/m0/s1. The molecular weight excluding hydrogens is 340 g/mol. The Morgan fingerprint density at radius 3 is 1.89 bits per heavy atom. The van der Waals surface area contributed by atoms with E-state index in [2.05, 4.69) is 111 Å². The maximum atomic E-state index is 2.61. The van der Waals surface area contributed by atoms with Crippen LogP contribution < -0.4 is 0 Å². The van der Waals surface area contributed by atoms with Crippen LogP contribution in [0, 0.1) is 19.8 Å². The molecular formula is C26H34N2. The third-order valence-corrected chi connectivity index (χ3v) is 5.81. The summed E-state index contributed by atoms with van der Waals surface area (Å²) in [5.74, 6) is 0.617. The van der Waals surface area contributed by atoms with Gasteiger partial charge in [0.25, 0.3) is 0 Å². The van der Waals surface area contributed by atoms with Gasteiger partial charge in [0.05, 0.1) is 0 Å². The third-order valence-electron chi connectivity index (χ3n) is 5.81. The van der Waals surface area contributed by atoms with Crippen LogP contribution in [0.25, 0.3) is 0 Å². The molecule has 0 radical (unpaired) electrons. The van der Waals surface area contributed by atoms with Gasteiger partial charge in [0.15, 0.2) is 0 Å². The summed E-state index contributed by atoms with van der Waals surface area (Å²) in [5.41, 5.74) is 6.74. The van der Waals surface area contributed by atoms with Crippen molar-refractivity contribution in [2.75, 3.05) is 0 Å². The first kappa shape index (κ1) is 20.4. The van der Waals surface area contributed by atoms with Crippen LogP contribution in [0.3, 0.4) is 0 Å². The summed E-state index contributed by atoms with van der Waals surface area (Å²) < 4.78 is 2.39. The van der Waals surface area contributed by atoms with Crippen molar-refractivity contribution >= 4 is 0 Å². The summed E-state index contributed by atoms with van der Waals surface area (Å²) >= 11 is 0. The zero-order valence-corrected chi connectivity index (χ0v) is 18.0. The van der Waals surface area contributed by atoms with Crippen molar-refractivity contribution in [3.63, 3.8) is 0 Å². The Kier molecular flexibility index (Phi) is 6.74. The fraction of sp³-hybridized carbons (Fsp3) is 0.385. The molecule has 3 rings (SSSR count). The molecule has 0 spiro atoms. The van der Waals surface area contributed by atoms with Crippen LogP contribution in [-0.4, -0.2) is 15.5 Å². The van der Waals surface area contributed by atoms with E-state index in [-0.39, 0.29) is 0 Å². The van der Waals surface area contributed by atoms with E-state index in [0.29, 0.717) is 12.0 Å². The van der Waals surface area contributed by atoms with Crippen LogP contribution in [0.2, 0.25) is 0 Å². The van der Waals surface area contributed by atoms with Crippen molar-refractivity contribution in [1.82, 2.24) is 9.47 Å². The number of hydrogen-bond acceptors (Lipinski definition) is 1. The van der Waals surface area contributed by atoms with Gasteiger partial charge >= 0.3 is 0 Å². The normalized spacial score (nSPS) is 12.7. The van der Waals surface area contributed by atoms with Gasteiger partial charge in [0.1, 0.15) is 0 Å². The molecule has 1 heterocycles. The highest BCUT2D eigenvalue weighted by Crippen LogP contribution is 2.19. The predicted molar refractivity (Wildman–Crippen MR) is 119 cm³/mol. The van der Waals surface area contributed by atoms with Gasteiger partial charge < -0.3 is 4.57 Å². The molecule has 0 fully saturated rings. The first-order valence-electron chi connectivity index (χ1n) is 10.4. The lowest BCUT2D eigenvalue weighted by molar-refractivity contribution is 0.148. The fourth-order valence-electron chi connectivity index (χ4n) is 3.54. The van der Waals surface area contributed by atoms with Crippen LogP contribution in [-0.2, 0) is 19.6 Å². The van der Waals surface area contributed by atoms with Crippen molar-refractivity contribution in [2.45, 2.75) is 60.3 Å². The van der Waals surface area contributed by atoms with Crippen LogP contribution in [0.15, 0.2) is 66.9 Å². The zero-order valence-electron chi connectivity index (χ0n) is 18.0. The molecule has 0 saturated heterocycles. The summed E-state index contributed by atoms with van der Waals surface area (Å²) in [6, 6.07) is 22.8. The van der Waals surface area contributed by atoms with E-state index in [4.69, 9.17) is 0 Å². The summed E-state index contributed by atoms with van der Waals surface area (Å²) in [4.78, 5) is 2.61. The number of rotatable bonds is 8. The summed E-state index contributed by atoms with van der Waals surface area (Å²) in [7, 11) is 0. The Bertz CT molecular complexity index is 856. The first-order valence-corrected chi connectivity index (χ1v) is 10.4. The van der Waals surface area contributed by atoms with Gasteiger partial charge in [-0.05, 0) is 49.9 Å². The van der Waals surface area contributed by atoms with E-state index >= 15 is 0 Å². The SMILES string of the molecule is Cc1ccc(CN(Cc2cccn2Cc2ccc(C)cc2)[C@@H](C)C(C)C)cc1. The second-order valence-electron chi connectivity index (χ2n) is 8.49. The summed E-state index contributed by atoms with van der Waals surface area (Å²) in [6.45, 7) is 14.2. The molecule has 0 aliphatic carbocycles. The molecule has 0 unspecified atom stereocenters. The van der Waals surface area contributed by atoms with Crippen molar-refractivity contribution in [1.29, 1.82) is 0 Å². The van der Waals surface area contributed by atoms with Crippen LogP contribution in [0.5, 0.6) is 0 Å². The maximum absolute atomic E-state index is 2.61. The molecule has 2 heteroatoms.